The molecule has 0 aliphatic carbocycles. The van der Waals surface area contributed by atoms with E-state index < -0.39 is 36.7 Å². The maximum Gasteiger partial charge on any atom is 0.277 e. The first kappa shape index (κ1) is 15.5. The van der Waals surface area contributed by atoms with Gasteiger partial charge in [0.15, 0.2) is 0 Å². The lowest BCUT2D eigenvalue weighted by molar-refractivity contribution is -0.126. The highest BCUT2D eigenvalue weighted by atomic mass is 19.3. The molecule has 0 aliphatic rings. The molecule has 1 amide bonds. The van der Waals surface area contributed by atoms with Gasteiger partial charge in [0, 0.05) is 5.92 Å². The monoisotopic (exact) mass is 274 g/mol. The Morgan fingerprint density at radius 3 is 2.63 bits per heavy atom. The van der Waals surface area contributed by atoms with E-state index in [-0.39, 0.29) is 6.42 Å². The second kappa shape index (κ2) is 6.56. The average molecular weight is 274 g/mol. The molecule has 0 radical (unpaired) electrons. The van der Waals surface area contributed by atoms with E-state index in [9.17, 15) is 18.0 Å². The summed E-state index contributed by atoms with van der Waals surface area (Å²) in [5, 5.41) is 2.12. The zero-order chi connectivity index (χ0) is 14.5. The van der Waals surface area contributed by atoms with Gasteiger partial charge in [0.2, 0.25) is 5.91 Å². The van der Waals surface area contributed by atoms with Crippen molar-refractivity contribution < 1.29 is 18.0 Å². The molecule has 0 saturated heterocycles. The van der Waals surface area contributed by atoms with E-state index in [0.29, 0.717) is 5.56 Å². The summed E-state index contributed by atoms with van der Waals surface area (Å²) in [6.45, 7) is -0.0682. The Morgan fingerprint density at radius 2 is 2.05 bits per heavy atom. The summed E-state index contributed by atoms with van der Waals surface area (Å²) >= 11 is 0. The van der Waals surface area contributed by atoms with Crippen LogP contribution in [0.3, 0.4) is 0 Å². The van der Waals surface area contributed by atoms with Crippen LogP contribution in [0.25, 0.3) is 0 Å². The molecule has 3 N–H and O–H groups in total. The number of hydrogen-bond donors (Lipinski definition) is 2. The van der Waals surface area contributed by atoms with Gasteiger partial charge < -0.3 is 11.1 Å². The molecule has 0 fully saturated rings. The molecule has 3 nitrogen and oxygen atoms in total. The van der Waals surface area contributed by atoms with E-state index in [1.54, 1.807) is 25.1 Å². The molecule has 0 saturated carbocycles. The Labute approximate surface area is 110 Å². The molecule has 0 aliphatic heterocycles. The van der Waals surface area contributed by atoms with Gasteiger partial charge in [0.25, 0.3) is 5.92 Å². The van der Waals surface area contributed by atoms with Gasteiger partial charge >= 0.3 is 0 Å². The Hall–Kier alpha value is -1.56. The lowest BCUT2D eigenvalue weighted by Gasteiger charge is -2.17. The highest BCUT2D eigenvalue weighted by Crippen LogP contribution is 2.14. The van der Waals surface area contributed by atoms with Gasteiger partial charge in [-0.3, -0.25) is 4.79 Å². The molecule has 106 valence electrons. The molecule has 0 aromatic heterocycles. The molecular formula is C13H17F3N2O. The third-order valence-electron chi connectivity index (χ3n) is 2.75. The van der Waals surface area contributed by atoms with Gasteiger partial charge in [0.05, 0.1) is 13.1 Å². The van der Waals surface area contributed by atoms with Crippen LogP contribution in [0.1, 0.15) is 12.5 Å². The quantitative estimate of drug-likeness (QED) is 0.829. The van der Waals surface area contributed by atoms with Crippen molar-refractivity contribution in [2.45, 2.75) is 19.3 Å². The first-order chi connectivity index (χ1) is 8.85. The Balaban J connectivity index is 2.52. The van der Waals surface area contributed by atoms with E-state index in [1.807, 2.05) is 0 Å². The first-order valence-corrected chi connectivity index (χ1v) is 5.95. The van der Waals surface area contributed by atoms with Crippen LogP contribution in [0.2, 0.25) is 0 Å². The van der Waals surface area contributed by atoms with E-state index in [0.717, 1.165) is 0 Å². The molecule has 0 spiro atoms. The normalized spacial score (nSPS) is 13.1. The minimum atomic E-state index is -3.12. The summed E-state index contributed by atoms with van der Waals surface area (Å²) in [7, 11) is 0. The lowest BCUT2D eigenvalue weighted by Crippen LogP contribution is -2.43. The molecule has 1 atom stereocenters. The van der Waals surface area contributed by atoms with Crippen LogP contribution in [-0.4, -0.2) is 24.9 Å². The molecule has 1 aromatic rings. The van der Waals surface area contributed by atoms with Crippen molar-refractivity contribution in [2.24, 2.45) is 11.7 Å². The van der Waals surface area contributed by atoms with Crippen LogP contribution >= 0.6 is 0 Å². The number of hydrogen-bond acceptors (Lipinski definition) is 2. The number of alkyl halides is 2. The first-order valence-electron chi connectivity index (χ1n) is 5.95. The Bertz CT molecular complexity index is 438. The summed E-state index contributed by atoms with van der Waals surface area (Å²) in [5.41, 5.74) is 5.25. The molecule has 1 unspecified atom stereocenters. The standard InChI is InChI=1S/C13H17F3N2O/c1-9(6-10-4-2-3-5-11(10)14)12(19)18-8-13(15,16)7-17/h2-5,9H,6-8,17H2,1H3,(H,18,19). The van der Waals surface area contributed by atoms with Crippen molar-refractivity contribution in [1.29, 1.82) is 0 Å². The van der Waals surface area contributed by atoms with Crippen molar-refractivity contribution in [3.8, 4) is 0 Å². The topological polar surface area (TPSA) is 55.1 Å². The fourth-order valence-electron chi connectivity index (χ4n) is 1.55. The van der Waals surface area contributed by atoms with Crippen molar-refractivity contribution >= 4 is 5.91 Å². The summed E-state index contributed by atoms with van der Waals surface area (Å²) in [6, 6.07) is 6.06. The minimum absolute atomic E-state index is 0.159. The smallest absolute Gasteiger partial charge is 0.277 e. The van der Waals surface area contributed by atoms with Gasteiger partial charge in [-0.05, 0) is 18.1 Å². The maximum absolute atomic E-state index is 13.4. The number of carbonyl (C=O) groups excluding carboxylic acids is 1. The summed E-state index contributed by atoms with van der Waals surface area (Å²) in [6.07, 6.45) is 0.159. The van der Waals surface area contributed by atoms with Crippen molar-refractivity contribution in [3.05, 3.63) is 35.6 Å². The number of carbonyl (C=O) groups is 1. The number of amides is 1. The highest BCUT2D eigenvalue weighted by Gasteiger charge is 2.28. The fraction of sp³-hybridized carbons (Fsp3) is 0.462. The summed E-state index contributed by atoms with van der Waals surface area (Å²) < 4.78 is 39.1. The molecule has 0 bridgehead atoms. The maximum atomic E-state index is 13.4. The van der Waals surface area contributed by atoms with Crippen LogP contribution in [0.4, 0.5) is 13.2 Å². The van der Waals surface area contributed by atoms with Gasteiger partial charge in [-0.15, -0.1) is 0 Å². The molecule has 19 heavy (non-hydrogen) atoms. The number of nitrogens with two attached hydrogens (primary N) is 1. The number of benzene rings is 1. The molecule has 1 rings (SSSR count). The summed E-state index contributed by atoms with van der Waals surface area (Å²) in [5.74, 6) is -4.66. The zero-order valence-corrected chi connectivity index (χ0v) is 10.6. The number of rotatable bonds is 6. The minimum Gasteiger partial charge on any atom is -0.350 e. The van der Waals surface area contributed by atoms with Crippen LogP contribution in [0.5, 0.6) is 0 Å². The molecule has 6 heteroatoms. The van der Waals surface area contributed by atoms with Gasteiger partial charge in [-0.1, -0.05) is 25.1 Å². The lowest BCUT2D eigenvalue weighted by atomic mass is 10.00. The Morgan fingerprint density at radius 1 is 1.42 bits per heavy atom. The summed E-state index contributed by atoms with van der Waals surface area (Å²) in [4.78, 5) is 11.6. The van der Waals surface area contributed by atoms with Crippen LogP contribution in [0, 0.1) is 11.7 Å². The third kappa shape index (κ3) is 4.90. The molecule has 0 heterocycles. The molecule has 1 aromatic carbocycles. The van der Waals surface area contributed by atoms with Crippen LogP contribution in [0.15, 0.2) is 24.3 Å². The van der Waals surface area contributed by atoms with Crippen molar-refractivity contribution in [1.82, 2.24) is 5.32 Å². The SMILES string of the molecule is CC(Cc1ccccc1F)C(=O)NCC(F)(F)CN. The Kier molecular flexibility index (Phi) is 5.35. The largest absolute Gasteiger partial charge is 0.350 e. The van der Waals surface area contributed by atoms with Gasteiger partial charge in [-0.2, -0.15) is 0 Å². The second-order valence-electron chi connectivity index (χ2n) is 4.47. The number of halogens is 3. The number of nitrogens with one attached hydrogen (secondary N) is 1. The van der Waals surface area contributed by atoms with Crippen LogP contribution < -0.4 is 11.1 Å². The van der Waals surface area contributed by atoms with Crippen LogP contribution in [-0.2, 0) is 11.2 Å². The predicted octanol–water partition coefficient (Wildman–Crippen LogP) is 1.71. The molecular weight excluding hydrogens is 257 g/mol. The van der Waals surface area contributed by atoms with Crippen molar-refractivity contribution in [2.75, 3.05) is 13.1 Å². The van der Waals surface area contributed by atoms with E-state index in [1.165, 1.54) is 6.07 Å². The van der Waals surface area contributed by atoms with Gasteiger partial charge in [0.1, 0.15) is 5.82 Å². The third-order valence-corrected chi connectivity index (χ3v) is 2.75. The zero-order valence-electron chi connectivity index (χ0n) is 10.6. The highest BCUT2D eigenvalue weighted by molar-refractivity contribution is 5.78. The second-order valence-corrected chi connectivity index (χ2v) is 4.47. The van der Waals surface area contributed by atoms with E-state index in [4.69, 9.17) is 5.73 Å². The average Bonchev–Trinajstić information content (AvgIpc) is 2.38. The predicted molar refractivity (Wildman–Crippen MR) is 66.3 cm³/mol. The fourth-order valence-corrected chi connectivity index (χ4v) is 1.55. The van der Waals surface area contributed by atoms with Gasteiger partial charge in [-0.25, -0.2) is 13.2 Å². The van der Waals surface area contributed by atoms with Crippen molar-refractivity contribution in [3.63, 3.8) is 0 Å². The van der Waals surface area contributed by atoms with E-state index in [2.05, 4.69) is 5.32 Å². The van der Waals surface area contributed by atoms with E-state index >= 15 is 0 Å².